The van der Waals surface area contributed by atoms with Crippen molar-refractivity contribution in [3.05, 3.63) is 34.5 Å². The summed E-state index contributed by atoms with van der Waals surface area (Å²) >= 11 is 1.59. The Balaban J connectivity index is 1.76. The molecule has 0 aromatic carbocycles. The number of amides is 1. The first-order valence-electron chi connectivity index (χ1n) is 6.93. The summed E-state index contributed by atoms with van der Waals surface area (Å²) in [5.41, 5.74) is 0. The van der Waals surface area contributed by atoms with Crippen LogP contribution in [0.2, 0.25) is 0 Å². The first-order valence-corrected chi connectivity index (χ1v) is 9.71. The van der Waals surface area contributed by atoms with Crippen molar-refractivity contribution < 1.29 is 17.6 Å². The minimum absolute atomic E-state index is 0.0696. The van der Waals surface area contributed by atoms with E-state index in [9.17, 15) is 13.2 Å². The van der Waals surface area contributed by atoms with Crippen LogP contribution in [0.4, 0.5) is 0 Å². The Morgan fingerprint density at radius 2 is 2.27 bits per heavy atom. The van der Waals surface area contributed by atoms with E-state index in [0.717, 1.165) is 24.1 Å². The normalized spacial score (nSPS) is 19.3. The van der Waals surface area contributed by atoms with E-state index in [-0.39, 0.29) is 22.7 Å². The second-order valence-corrected chi connectivity index (χ2v) is 8.22. The molecule has 0 bridgehead atoms. The van der Waals surface area contributed by atoms with Crippen molar-refractivity contribution in [1.29, 1.82) is 0 Å². The lowest BCUT2D eigenvalue weighted by Crippen LogP contribution is -2.38. The lowest BCUT2D eigenvalue weighted by atomic mass is 9.98. The largest absolute Gasteiger partial charge is 0.440 e. The maximum Gasteiger partial charge on any atom is 0.289 e. The lowest BCUT2D eigenvalue weighted by Gasteiger charge is -2.31. The van der Waals surface area contributed by atoms with Crippen molar-refractivity contribution >= 4 is 27.1 Å². The van der Waals surface area contributed by atoms with Gasteiger partial charge in [-0.3, -0.25) is 4.79 Å². The van der Waals surface area contributed by atoms with E-state index in [1.807, 2.05) is 5.38 Å². The minimum atomic E-state index is -3.44. The standard InChI is InChI=1S/C14H16N2O4S2/c1-22(18,19)12-5-4-11(20-12)14(17)16-7-2-3-10(9-16)13-15-6-8-21-13/h4-6,8,10H,2-3,7,9H2,1H3. The predicted molar refractivity (Wildman–Crippen MR) is 81.8 cm³/mol. The van der Waals surface area contributed by atoms with Gasteiger partial charge in [-0.1, -0.05) is 0 Å². The van der Waals surface area contributed by atoms with Crippen molar-refractivity contribution in [3.63, 3.8) is 0 Å². The number of furan rings is 1. The summed E-state index contributed by atoms with van der Waals surface area (Å²) in [6.07, 6.45) is 4.73. The van der Waals surface area contributed by atoms with Gasteiger partial charge in [0.25, 0.3) is 5.91 Å². The maximum absolute atomic E-state index is 12.5. The molecule has 0 radical (unpaired) electrons. The molecule has 2 aromatic rings. The fourth-order valence-corrected chi connectivity index (χ4v) is 3.91. The smallest absolute Gasteiger partial charge is 0.289 e. The van der Waals surface area contributed by atoms with E-state index in [2.05, 4.69) is 4.98 Å². The highest BCUT2D eigenvalue weighted by Gasteiger charge is 2.28. The Kier molecular flexibility index (Phi) is 4.05. The van der Waals surface area contributed by atoms with Gasteiger partial charge in [-0.25, -0.2) is 13.4 Å². The molecule has 8 heteroatoms. The average molecular weight is 340 g/mol. The third-order valence-corrected chi connectivity index (χ3v) is 5.56. The quantitative estimate of drug-likeness (QED) is 0.855. The molecule has 1 unspecified atom stereocenters. The van der Waals surface area contributed by atoms with Crippen molar-refractivity contribution in [3.8, 4) is 0 Å². The van der Waals surface area contributed by atoms with Gasteiger partial charge in [-0.2, -0.15) is 0 Å². The molecule has 2 aromatic heterocycles. The van der Waals surface area contributed by atoms with E-state index in [1.54, 1.807) is 22.4 Å². The van der Waals surface area contributed by atoms with E-state index in [0.29, 0.717) is 13.1 Å². The van der Waals surface area contributed by atoms with E-state index < -0.39 is 9.84 Å². The van der Waals surface area contributed by atoms with Crippen LogP contribution in [0.1, 0.15) is 34.3 Å². The van der Waals surface area contributed by atoms with Crippen LogP contribution >= 0.6 is 11.3 Å². The number of carbonyl (C=O) groups is 1. The molecule has 3 heterocycles. The summed E-state index contributed by atoms with van der Waals surface area (Å²) in [6, 6.07) is 2.75. The van der Waals surface area contributed by atoms with Crippen molar-refractivity contribution in [1.82, 2.24) is 9.88 Å². The van der Waals surface area contributed by atoms with Gasteiger partial charge >= 0.3 is 0 Å². The zero-order chi connectivity index (χ0) is 15.7. The topological polar surface area (TPSA) is 80.5 Å². The van der Waals surface area contributed by atoms with Gasteiger partial charge in [-0.15, -0.1) is 11.3 Å². The van der Waals surface area contributed by atoms with Gasteiger partial charge in [0.05, 0.1) is 5.01 Å². The molecule has 0 aliphatic carbocycles. The zero-order valence-corrected chi connectivity index (χ0v) is 13.7. The number of rotatable bonds is 3. The fraction of sp³-hybridized carbons (Fsp3) is 0.429. The van der Waals surface area contributed by atoms with Crippen LogP contribution in [0.25, 0.3) is 0 Å². The number of sulfone groups is 1. The molecule has 1 amide bonds. The zero-order valence-electron chi connectivity index (χ0n) is 12.1. The highest BCUT2D eigenvalue weighted by Crippen LogP contribution is 2.29. The van der Waals surface area contributed by atoms with Crippen molar-refractivity contribution in [2.24, 2.45) is 0 Å². The monoisotopic (exact) mass is 340 g/mol. The summed E-state index contributed by atoms with van der Waals surface area (Å²) in [4.78, 5) is 18.5. The molecule has 118 valence electrons. The van der Waals surface area contributed by atoms with Gasteiger partial charge < -0.3 is 9.32 Å². The summed E-state index contributed by atoms with van der Waals surface area (Å²) < 4.78 is 28.1. The summed E-state index contributed by atoms with van der Waals surface area (Å²) in [7, 11) is -3.44. The second kappa shape index (κ2) is 5.85. The Morgan fingerprint density at radius 1 is 1.45 bits per heavy atom. The highest BCUT2D eigenvalue weighted by atomic mass is 32.2. The van der Waals surface area contributed by atoms with Gasteiger partial charge in [0.15, 0.2) is 5.76 Å². The van der Waals surface area contributed by atoms with Crippen LogP contribution in [0.5, 0.6) is 0 Å². The number of thiazole rings is 1. The highest BCUT2D eigenvalue weighted by molar-refractivity contribution is 7.90. The Labute approximate surface area is 132 Å². The molecule has 0 spiro atoms. The molecule has 1 aliphatic rings. The van der Waals surface area contributed by atoms with E-state index in [1.165, 1.54) is 12.1 Å². The number of carbonyl (C=O) groups excluding carboxylic acids is 1. The molecule has 3 rings (SSSR count). The SMILES string of the molecule is CS(=O)(=O)c1ccc(C(=O)N2CCCC(c3nccs3)C2)o1. The number of likely N-dealkylation sites (tertiary alicyclic amines) is 1. The summed E-state index contributed by atoms with van der Waals surface area (Å²) in [5.74, 6) is 0.0402. The van der Waals surface area contributed by atoms with Crippen molar-refractivity contribution in [2.45, 2.75) is 23.9 Å². The van der Waals surface area contributed by atoms with Crippen LogP contribution in [0.15, 0.2) is 33.2 Å². The first-order chi connectivity index (χ1) is 10.4. The van der Waals surface area contributed by atoms with Crippen LogP contribution < -0.4 is 0 Å². The minimum Gasteiger partial charge on any atom is -0.440 e. The van der Waals surface area contributed by atoms with Crippen LogP contribution in [0.3, 0.4) is 0 Å². The third-order valence-electron chi connectivity index (χ3n) is 3.67. The van der Waals surface area contributed by atoms with E-state index in [4.69, 9.17) is 4.42 Å². The van der Waals surface area contributed by atoms with Crippen LogP contribution in [-0.2, 0) is 9.84 Å². The average Bonchev–Trinajstić information content (AvgIpc) is 3.17. The fourth-order valence-electron chi connectivity index (χ4n) is 2.59. The molecule has 0 saturated carbocycles. The Morgan fingerprint density at radius 3 is 2.91 bits per heavy atom. The summed E-state index contributed by atoms with van der Waals surface area (Å²) in [5, 5.41) is 2.79. The number of hydrogen-bond acceptors (Lipinski definition) is 6. The Bertz CT molecular complexity index is 765. The second-order valence-electron chi connectivity index (χ2n) is 5.35. The molecular formula is C14H16N2O4S2. The van der Waals surface area contributed by atoms with Crippen LogP contribution in [0, 0.1) is 0 Å². The third kappa shape index (κ3) is 3.07. The van der Waals surface area contributed by atoms with Gasteiger partial charge in [-0.05, 0) is 25.0 Å². The lowest BCUT2D eigenvalue weighted by molar-refractivity contribution is 0.0669. The predicted octanol–water partition coefficient (Wildman–Crippen LogP) is 2.16. The van der Waals surface area contributed by atoms with Gasteiger partial charge in [0, 0.05) is 36.8 Å². The molecular weight excluding hydrogens is 324 g/mol. The van der Waals surface area contributed by atoms with Crippen molar-refractivity contribution in [2.75, 3.05) is 19.3 Å². The maximum atomic E-state index is 12.5. The van der Waals surface area contributed by atoms with Gasteiger partial charge in [0.2, 0.25) is 14.9 Å². The Hall–Kier alpha value is -1.67. The van der Waals surface area contributed by atoms with Gasteiger partial charge in [0.1, 0.15) is 0 Å². The number of hydrogen-bond donors (Lipinski definition) is 0. The number of nitrogens with zero attached hydrogens (tertiary/aromatic N) is 2. The molecule has 1 fully saturated rings. The molecule has 1 saturated heterocycles. The molecule has 6 nitrogen and oxygen atoms in total. The molecule has 1 atom stereocenters. The summed E-state index contributed by atoms with van der Waals surface area (Å²) in [6.45, 7) is 1.23. The number of aromatic nitrogens is 1. The molecule has 0 N–H and O–H groups in total. The van der Waals surface area contributed by atoms with Crippen LogP contribution in [-0.4, -0.2) is 43.6 Å². The molecule has 1 aliphatic heterocycles. The number of piperidine rings is 1. The molecule has 22 heavy (non-hydrogen) atoms. The first kappa shape index (κ1) is 15.2. The van der Waals surface area contributed by atoms with E-state index >= 15 is 0 Å².